The molecule has 2 amide bonds. The van der Waals surface area contributed by atoms with Crippen LogP contribution in [-0.4, -0.2) is 65.9 Å². The van der Waals surface area contributed by atoms with E-state index in [-0.39, 0.29) is 40.4 Å². The van der Waals surface area contributed by atoms with Crippen molar-refractivity contribution in [3.63, 3.8) is 0 Å². The summed E-state index contributed by atoms with van der Waals surface area (Å²) in [6.45, 7) is 14.5. The molecule has 1 aromatic heterocycles. The molecule has 6 rings (SSSR count). The predicted octanol–water partition coefficient (Wildman–Crippen LogP) is 3.60. The lowest BCUT2D eigenvalue weighted by Crippen LogP contribution is -2.54. The molecule has 2 aliphatic heterocycles. The number of anilines is 1. The minimum atomic E-state index is -0.193. The molecule has 1 aromatic rings. The van der Waals surface area contributed by atoms with Crippen molar-refractivity contribution in [2.24, 2.45) is 28.6 Å². The molecule has 2 bridgehead atoms. The van der Waals surface area contributed by atoms with Crippen LogP contribution in [0.25, 0.3) is 0 Å². The Balaban J connectivity index is 1.13. The van der Waals surface area contributed by atoms with E-state index in [9.17, 15) is 9.59 Å². The van der Waals surface area contributed by atoms with Crippen molar-refractivity contribution in [1.29, 1.82) is 0 Å². The maximum absolute atomic E-state index is 13.4. The first-order chi connectivity index (χ1) is 15.7. The van der Waals surface area contributed by atoms with Crippen LogP contribution in [0.1, 0.15) is 47.0 Å². The third kappa shape index (κ3) is 3.80. The van der Waals surface area contributed by atoms with Gasteiger partial charge in [0.05, 0.1) is 11.8 Å². The van der Waals surface area contributed by atoms with E-state index in [4.69, 9.17) is 0 Å². The van der Waals surface area contributed by atoms with E-state index >= 15 is 0 Å². The summed E-state index contributed by atoms with van der Waals surface area (Å²) < 4.78 is 0. The maximum Gasteiger partial charge on any atom is 0.233 e. The smallest absolute Gasteiger partial charge is 0.233 e. The van der Waals surface area contributed by atoms with Gasteiger partial charge in [0.1, 0.15) is 5.82 Å². The molecule has 0 aromatic carbocycles. The van der Waals surface area contributed by atoms with Crippen LogP contribution in [0.5, 0.6) is 0 Å². The molecular formula is C27H38N4O2. The summed E-state index contributed by atoms with van der Waals surface area (Å²) in [5.74, 6) is 1.11. The number of allylic oxidation sites excluding steroid dienone is 2. The minimum Gasteiger partial charge on any atom is -0.354 e. The van der Waals surface area contributed by atoms with Crippen molar-refractivity contribution in [3.8, 4) is 0 Å². The lowest BCUT2D eigenvalue weighted by Gasteiger charge is -2.56. The Morgan fingerprint density at radius 1 is 0.970 bits per heavy atom. The van der Waals surface area contributed by atoms with E-state index in [1.54, 1.807) is 4.90 Å². The molecule has 0 spiro atoms. The van der Waals surface area contributed by atoms with Crippen molar-refractivity contribution < 1.29 is 9.59 Å². The summed E-state index contributed by atoms with van der Waals surface area (Å²) in [5, 5.41) is 0. The van der Waals surface area contributed by atoms with E-state index in [2.05, 4.69) is 54.6 Å². The molecule has 3 aliphatic carbocycles. The molecule has 0 radical (unpaired) electrons. The second-order valence-electron chi connectivity index (χ2n) is 11.6. The van der Waals surface area contributed by atoms with Crippen LogP contribution < -0.4 is 4.90 Å². The zero-order valence-corrected chi connectivity index (χ0v) is 20.6. The van der Waals surface area contributed by atoms with Gasteiger partial charge in [-0.2, -0.15) is 0 Å². The number of carbonyl (C=O) groups excluding carboxylic acids is 2. The molecule has 4 atom stereocenters. The molecule has 2 unspecified atom stereocenters. The van der Waals surface area contributed by atoms with Crippen LogP contribution in [0.15, 0.2) is 36.0 Å². The molecule has 178 valence electrons. The van der Waals surface area contributed by atoms with Crippen molar-refractivity contribution in [3.05, 3.63) is 36.0 Å². The first-order valence-electron chi connectivity index (χ1n) is 12.6. The summed E-state index contributed by atoms with van der Waals surface area (Å²) >= 11 is 0. The zero-order valence-electron chi connectivity index (χ0n) is 20.6. The van der Waals surface area contributed by atoms with Crippen molar-refractivity contribution >= 4 is 17.6 Å². The number of nitrogens with zero attached hydrogens (tertiary/aromatic N) is 4. The lowest BCUT2D eigenvalue weighted by molar-refractivity contribution is -0.140. The van der Waals surface area contributed by atoms with Crippen LogP contribution in [0.4, 0.5) is 5.82 Å². The highest BCUT2D eigenvalue weighted by Gasteiger charge is 2.66. The highest BCUT2D eigenvalue weighted by molar-refractivity contribution is 6.06. The highest BCUT2D eigenvalue weighted by atomic mass is 16.2. The molecular weight excluding hydrogens is 412 g/mol. The average Bonchev–Trinajstić information content (AvgIpc) is 3.02. The number of imide groups is 1. The number of likely N-dealkylation sites (tertiary alicyclic amines) is 1. The molecule has 3 fully saturated rings. The van der Waals surface area contributed by atoms with Crippen LogP contribution >= 0.6 is 0 Å². The fraction of sp³-hybridized carbons (Fsp3) is 0.667. The van der Waals surface area contributed by atoms with Crippen molar-refractivity contribution in [1.82, 2.24) is 14.8 Å². The Morgan fingerprint density at radius 2 is 1.70 bits per heavy atom. The largest absolute Gasteiger partial charge is 0.354 e. The predicted molar refractivity (Wildman–Crippen MR) is 130 cm³/mol. The topological polar surface area (TPSA) is 56.8 Å². The van der Waals surface area contributed by atoms with Gasteiger partial charge in [0, 0.05) is 38.9 Å². The lowest BCUT2D eigenvalue weighted by atomic mass is 9.45. The number of hydrogen-bond donors (Lipinski definition) is 0. The van der Waals surface area contributed by atoms with E-state index in [1.165, 1.54) is 5.57 Å². The van der Waals surface area contributed by atoms with Gasteiger partial charge in [0.15, 0.2) is 0 Å². The van der Waals surface area contributed by atoms with Crippen molar-refractivity contribution in [2.75, 3.05) is 44.2 Å². The molecule has 0 N–H and O–H groups in total. The number of aromatic nitrogens is 1. The minimum absolute atomic E-state index is 0.0676. The summed E-state index contributed by atoms with van der Waals surface area (Å²) in [5.41, 5.74) is 1.18. The summed E-state index contributed by atoms with van der Waals surface area (Å²) in [6, 6.07) is 6.06. The van der Waals surface area contributed by atoms with Gasteiger partial charge in [-0.05, 0) is 61.6 Å². The number of carbonyl (C=O) groups is 2. The van der Waals surface area contributed by atoms with Gasteiger partial charge >= 0.3 is 0 Å². The summed E-state index contributed by atoms with van der Waals surface area (Å²) in [7, 11) is 0. The monoisotopic (exact) mass is 450 g/mol. The standard InChI is InChI=1S/C27H38N4O2/c1-19-17-27(4)18-26(2,3)22(19)21-23(27)25(33)31(24(21)32)12-8-7-11-29-13-15-30(16-14-29)20-9-5-6-10-28-20/h5-6,9-10,17,21-23H,7-8,11-16,18H2,1-4H3/t21?,22-,23?,27-/m1/s1. The number of rotatable bonds is 6. The second kappa shape index (κ2) is 8.23. The molecule has 6 nitrogen and oxygen atoms in total. The Morgan fingerprint density at radius 3 is 2.36 bits per heavy atom. The number of amides is 2. The first-order valence-corrected chi connectivity index (χ1v) is 12.6. The van der Waals surface area contributed by atoms with E-state index < -0.39 is 0 Å². The van der Waals surface area contributed by atoms with E-state index in [1.807, 2.05) is 18.3 Å². The number of piperazine rings is 1. The second-order valence-corrected chi connectivity index (χ2v) is 11.6. The van der Waals surface area contributed by atoms with E-state index in [0.717, 1.165) is 57.8 Å². The SMILES string of the molecule is CC1=C[C@]2(C)CC(C)(C)[C@H]1C1C(=O)N(CCCCN3CCN(c4ccccn4)CC3)C(=O)C12. The Labute approximate surface area is 198 Å². The Hall–Kier alpha value is -2.21. The van der Waals surface area contributed by atoms with Gasteiger partial charge in [-0.25, -0.2) is 4.98 Å². The van der Waals surface area contributed by atoms with Crippen LogP contribution in [0.3, 0.4) is 0 Å². The van der Waals surface area contributed by atoms with Gasteiger partial charge in [-0.3, -0.25) is 19.4 Å². The molecule has 1 saturated carbocycles. The quantitative estimate of drug-likeness (QED) is 0.377. The molecule has 6 heteroatoms. The number of pyridine rings is 1. The fourth-order valence-electron chi connectivity index (χ4n) is 7.68. The van der Waals surface area contributed by atoms with E-state index in [0.29, 0.717) is 6.54 Å². The maximum atomic E-state index is 13.4. The third-order valence-corrected chi connectivity index (χ3v) is 8.69. The van der Waals surface area contributed by atoms with Crippen LogP contribution in [-0.2, 0) is 9.59 Å². The van der Waals surface area contributed by atoms with Gasteiger partial charge in [-0.15, -0.1) is 0 Å². The van der Waals surface area contributed by atoms with Crippen LogP contribution in [0.2, 0.25) is 0 Å². The van der Waals surface area contributed by atoms with Crippen molar-refractivity contribution in [2.45, 2.75) is 47.0 Å². The Bertz CT molecular complexity index is 950. The molecule has 5 aliphatic rings. The number of fused-ring (bicyclic) bond motifs is 1. The summed E-state index contributed by atoms with van der Waals surface area (Å²) in [4.78, 5) is 37.7. The average molecular weight is 451 g/mol. The molecule has 33 heavy (non-hydrogen) atoms. The van der Waals surface area contributed by atoms with Gasteiger partial charge in [-0.1, -0.05) is 38.5 Å². The highest BCUT2D eigenvalue weighted by Crippen LogP contribution is 2.64. The fourth-order valence-corrected chi connectivity index (χ4v) is 7.68. The number of unbranched alkanes of at least 4 members (excludes halogenated alkanes) is 1. The van der Waals surface area contributed by atoms with Gasteiger partial charge in [0.2, 0.25) is 11.8 Å². The zero-order chi connectivity index (χ0) is 23.4. The summed E-state index contributed by atoms with van der Waals surface area (Å²) in [6.07, 6.45) is 7.04. The normalized spacial score (nSPS) is 33.5. The number of hydrogen-bond acceptors (Lipinski definition) is 5. The molecule has 3 heterocycles. The van der Waals surface area contributed by atoms with Gasteiger partial charge in [0.25, 0.3) is 0 Å². The van der Waals surface area contributed by atoms with Crippen LogP contribution in [0, 0.1) is 28.6 Å². The molecule has 2 saturated heterocycles. The third-order valence-electron chi connectivity index (χ3n) is 8.69. The Kier molecular flexibility index (Phi) is 5.63. The first kappa shape index (κ1) is 22.6. The van der Waals surface area contributed by atoms with Gasteiger partial charge < -0.3 is 4.90 Å².